The van der Waals surface area contributed by atoms with E-state index >= 15 is 0 Å². The number of allylic oxidation sites excluding steroid dienone is 2. The standard InChI is InChI=1S/C5H8.C4H8O2/c1-2-4-5-3-1;1-3-6-4(2)5/h1-2H,3-5H2;3H2,1-2H3. The average molecular weight is 156 g/mol. The molecule has 64 valence electrons. The van der Waals surface area contributed by atoms with Crippen LogP contribution in [0.1, 0.15) is 33.1 Å². The molecule has 0 aromatic rings. The molecule has 0 aromatic heterocycles. The molecule has 11 heavy (non-hydrogen) atoms. The number of hydrogen-bond acceptors (Lipinski definition) is 2. The second-order valence-electron chi connectivity index (χ2n) is 2.33. The number of carbonyl (C=O) groups is 1. The summed E-state index contributed by atoms with van der Waals surface area (Å²) in [5, 5.41) is 0. The maximum atomic E-state index is 9.82. The van der Waals surface area contributed by atoms with Gasteiger partial charge in [-0.05, 0) is 26.2 Å². The number of ether oxygens (including phenoxy) is 1. The van der Waals surface area contributed by atoms with E-state index in [1.54, 1.807) is 6.92 Å². The van der Waals surface area contributed by atoms with Crippen LogP contribution in [0.4, 0.5) is 0 Å². The van der Waals surface area contributed by atoms with Gasteiger partial charge in [0.1, 0.15) is 0 Å². The summed E-state index contributed by atoms with van der Waals surface area (Å²) in [7, 11) is 0. The van der Waals surface area contributed by atoms with Crippen LogP contribution in [0.15, 0.2) is 12.2 Å². The zero-order valence-electron chi connectivity index (χ0n) is 7.30. The predicted octanol–water partition coefficient (Wildman–Crippen LogP) is 2.30. The zero-order chi connectivity index (χ0) is 8.53. The summed E-state index contributed by atoms with van der Waals surface area (Å²) in [5.41, 5.74) is 0. The minimum Gasteiger partial charge on any atom is -0.466 e. The van der Waals surface area contributed by atoms with E-state index in [2.05, 4.69) is 16.9 Å². The van der Waals surface area contributed by atoms with E-state index in [1.807, 2.05) is 0 Å². The quantitative estimate of drug-likeness (QED) is 0.430. The van der Waals surface area contributed by atoms with Gasteiger partial charge in [-0.25, -0.2) is 0 Å². The zero-order valence-corrected chi connectivity index (χ0v) is 7.30. The van der Waals surface area contributed by atoms with E-state index in [0.717, 1.165) is 0 Å². The van der Waals surface area contributed by atoms with Crippen molar-refractivity contribution in [1.29, 1.82) is 0 Å². The second-order valence-corrected chi connectivity index (χ2v) is 2.33. The highest BCUT2D eigenvalue weighted by atomic mass is 16.5. The molecule has 0 N–H and O–H groups in total. The molecule has 1 aliphatic carbocycles. The predicted molar refractivity (Wildman–Crippen MR) is 45.3 cm³/mol. The van der Waals surface area contributed by atoms with Gasteiger partial charge in [-0.1, -0.05) is 12.2 Å². The molecule has 0 amide bonds. The van der Waals surface area contributed by atoms with E-state index in [1.165, 1.54) is 26.2 Å². The molecule has 0 heterocycles. The van der Waals surface area contributed by atoms with Gasteiger partial charge in [0.15, 0.2) is 0 Å². The Balaban J connectivity index is 0.000000183. The first kappa shape index (κ1) is 10.2. The average Bonchev–Trinajstić information content (AvgIpc) is 2.41. The molecule has 0 unspecified atom stereocenters. The molecule has 2 heteroatoms. The van der Waals surface area contributed by atoms with Gasteiger partial charge in [0.25, 0.3) is 0 Å². The number of carbonyl (C=O) groups excluding carboxylic acids is 1. The first-order chi connectivity index (χ1) is 5.27. The minimum atomic E-state index is -0.211. The Hall–Kier alpha value is -0.790. The summed E-state index contributed by atoms with van der Waals surface area (Å²) in [6, 6.07) is 0. The molecule has 1 aliphatic rings. The lowest BCUT2D eigenvalue weighted by molar-refractivity contribution is -0.140. The van der Waals surface area contributed by atoms with E-state index in [4.69, 9.17) is 0 Å². The third-order valence-electron chi connectivity index (χ3n) is 1.26. The van der Waals surface area contributed by atoms with Crippen molar-refractivity contribution >= 4 is 5.97 Å². The van der Waals surface area contributed by atoms with Gasteiger partial charge in [0.05, 0.1) is 6.61 Å². The van der Waals surface area contributed by atoms with E-state index in [9.17, 15) is 4.79 Å². The largest absolute Gasteiger partial charge is 0.466 e. The van der Waals surface area contributed by atoms with Gasteiger partial charge in [-0.2, -0.15) is 0 Å². The summed E-state index contributed by atoms with van der Waals surface area (Å²) in [6.07, 6.45) is 8.50. The third-order valence-corrected chi connectivity index (χ3v) is 1.26. The minimum absolute atomic E-state index is 0.211. The van der Waals surface area contributed by atoms with E-state index < -0.39 is 0 Å². The van der Waals surface area contributed by atoms with Crippen molar-refractivity contribution in [2.45, 2.75) is 33.1 Å². The normalized spacial score (nSPS) is 13.6. The van der Waals surface area contributed by atoms with Crippen LogP contribution in [0.3, 0.4) is 0 Å². The van der Waals surface area contributed by atoms with Crippen LogP contribution in [0, 0.1) is 0 Å². The smallest absolute Gasteiger partial charge is 0.302 e. The van der Waals surface area contributed by atoms with Crippen molar-refractivity contribution in [2.75, 3.05) is 6.61 Å². The maximum absolute atomic E-state index is 9.82. The van der Waals surface area contributed by atoms with Crippen LogP contribution in [0.2, 0.25) is 0 Å². The molecule has 1 rings (SSSR count). The Bertz CT molecular complexity index is 122. The van der Waals surface area contributed by atoms with Crippen LogP contribution in [0.25, 0.3) is 0 Å². The lowest BCUT2D eigenvalue weighted by atomic mass is 10.4. The Morgan fingerprint density at radius 1 is 1.45 bits per heavy atom. The van der Waals surface area contributed by atoms with Gasteiger partial charge in [-0.3, -0.25) is 4.79 Å². The molecule has 0 saturated heterocycles. The fourth-order valence-electron chi connectivity index (χ4n) is 0.793. The fraction of sp³-hybridized carbons (Fsp3) is 0.667. The first-order valence-corrected chi connectivity index (χ1v) is 4.05. The maximum Gasteiger partial charge on any atom is 0.302 e. The summed E-state index contributed by atoms with van der Waals surface area (Å²) in [6.45, 7) is 3.65. The second kappa shape index (κ2) is 7.32. The van der Waals surface area contributed by atoms with Gasteiger partial charge in [0.2, 0.25) is 0 Å². The molecule has 0 radical (unpaired) electrons. The fourth-order valence-corrected chi connectivity index (χ4v) is 0.793. The van der Waals surface area contributed by atoms with Gasteiger partial charge in [-0.15, -0.1) is 0 Å². The van der Waals surface area contributed by atoms with Gasteiger partial charge >= 0.3 is 5.97 Å². The van der Waals surface area contributed by atoms with Gasteiger partial charge < -0.3 is 4.74 Å². The molecule has 0 aliphatic heterocycles. The summed E-state index contributed by atoms with van der Waals surface area (Å²) < 4.78 is 4.40. The molecule has 0 fully saturated rings. The van der Waals surface area contributed by atoms with Crippen molar-refractivity contribution in [2.24, 2.45) is 0 Å². The van der Waals surface area contributed by atoms with Crippen molar-refractivity contribution in [3.8, 4) is 0 Å². The molecule has 0 saturated carbocycles. The van der Waals surface area contributed by atoms with Crippen LogP contribution >= 0.6 is 0 Å². The third kappa shape index (κ3) is 9.21. The Morgan fingerprint density at radius 2 is 2.00 bits per heavy atom. The molecular formula is C9H16O2. The highest BCUT2D eigenvalue weighted by Gasteiger charge is 1.84. The van der Waals surface area contributed by atoms with Gasteiger partial charge in [0, 0.05) is 6.92 Å². The van der Waals surface area contributed by atoms with E-state index in [0.29, 0.717) is 6.61 Å². The summed E-state index contributed by atoms with van der Waals surface area (Å²) >= 11 is 0. The van der Waals surface area contributed by atoms with Crippen molar-refractivity contribution in [3.63, 3.8) is 0 Å². The molecular weight excluding hydrogens is 140 g/mol. The molecule has 0 bridgehead atoms. The van der Waals surface area contributed by atoms with Crippen LogP contribution < -0.4 is 0 Å². The topological polar surface area (TPSA) is 26.3 Å². The number of esters is 1. The Kier molecular flexibility index (Phi) is 6.79. The highest BCUT2D eigenvalue weighted by molar-refractivity contribution is 5.65. The SMILES string of the molecule is C1=CCCC1.CCOC(C)=O. The number of hydrogen-bond donors (Lipinski definition) is 0. The lowest BCUT2D eigenvalue weighted by Gasteiger charge is -1.89. The number of rotatable bonds is 1. The Labute approximate surface area is 68.2 Å². The highest BCUT2D eigenvalue weighted by Crippen LogP contribution is 2.05. The Morgan fingerprint density at radius 3 is 2.09 bits per heavy atom. The van der Waals surface area contributed by atoms with Crippen molar-refractivity contribution in [3.05, 3.63) is 12.2 Å². The molecule has 0 spiro atoms. The van der Waals surface area contributed by atoms with E-state index in [-0.39, 0.29) is 5.97 Å². The van der Waals surface area contributed by atoms with Crippen LogP contribution in [0.5, 0.6) is 0 Å². The molecule has 2 nitrogen and oxygen atoms in total. The molecule has 0 atom stereocenters. The van der Waals surface area contributed by atoms with Crippen LogP contribution in [-0.2, 0) is 9.53 Å². The lowest BCUT2D eigenvalue weighted by Crippen LogP contribution is -1.95. The summed E-state index contributed by atoms with van der Waals surface area (Å²) in [5.74, 6) is -0.211. The monoisotopic (exact) mass is 156 g/mol. The van der Waals surface area contributed by atoms with Crippen molar-refractivity contribution in [1.82, 2.24) is 0 Å². The first-order valence-electron chi connectivity index (χ1n) is 4.05. The summed E-state index contributed by atoms with van der Waals surface area (Å²) in [4.78, 5) is 9.82. The van der Waals surface area contributed by atoms with Crippen molar-refractivity contribution < 1.29 is 9.53 Å². The molecule has 0 aromatic carbocycles. The van der Waals surface area contributed by atoms with Crippen LogP contribution in [-0.4, -0.2) is 12.6 Å².